The summed E-state index contributed by atoms with van der Waals surface area (Å²) in [6.07, 6.45) is 4.83. The Morgan fingerprint density at radius 1 is 1.57 bits per heavy atom. The number of hydrogen-bond donors (Lipinski definition) is 1. The summed E-state index contributed by atoms with van der Waals surface area (Å²) in [5, 5.41) is 8.45. The monoisotopic (exact) mass is 313 g/mol. The minimum absolute atomic E-state index is 0.176. The van der Waals surface area contributed by atoms with Crippen LogP contribution in [0.1, 0.15) is 38.8 Å². The summed E-state index contributed by atoms with van der Waals surface area (Å²) in [7, 11) is 0. The molecule has 0 amide bonds. The first-order valence-electron chi connectivity index (χ1n) is 7.65. The van der Waals surface area contributed by atoms with Gasteiger partial charge in [-0.05, 0) is 45.6 Å². The summed E-state index contributed by atoms with van der Waals surface area (Å²) in [6, 6.07) is 0. The molecule has 0 spiro atoms. The molecule has 1 saturated carbocycles. The zero-order valence-electron chi connectivity index (χ0n) is 13.0. The molecular weight excluding hydrogens is 290 g/mol. The second kappa shape index (κ2) is 6.79. The molecule has 21 heavy (non-hydrogen) atoms. The number of carbonyl (C=O) groups is 1. The van der Waals surface area contributed by atoms with Crippen molar-refractivity contribution in [3.63, 3.8) is 0 Å². The van der Waals surface area contributed by atoms with Crippen LogP contribution in [0.2, 0.25) is 5.02 Å². The lowest BCUT2D eigenvalue weighted by Crippen LogP contribution is -2.58. The standard InChI is InChI=1S/C15H24ClN3O2/c1-4-8-17-15(12-6-7-12,14(20)21-5-2)10-19-9-13(16)11(3)18-19/h9,12,17H,4-8,10H2,1-3H3. The molecule has 1 N–H and O–H groups in total. The van der Waals surface area contributed by atoms with Gasteiger partial charge in [0, 0.05) is 6.20 Å². The van der Waals surface area contributed by atoms with Crippen molar-refractivity contribution >= 4 is 17.6 Å². The number of hydrogen-bond acceptors (Lipinski definition) is 4. The van der Waals surface area contributed by atoms with Crippen LogP contribution in [-0.2, 0) is 16.1 Å². The first-order chi connectivity index (χ1) is 10.0. The first kappa shape index (κ1) is 16.3. The van der Waals surface area contributed by atoms with Gasteiger partial charge in [0.15, 0.2) is 0 Å². The molecule has 1 fully saturated rings. The number of nitrogens with one attached hydrogen (secondary N) is 1. The molecule has 1 aromatic heterocycles. The Kier molecular flexibility index (Phi) is 5.27. The average Bonchev–Trinajstić information content (AvgIpc) is 3.23. The van der Waals surface area contributed by atoms with Gasteiger partial charge in [0.05, 0.1) is 23.9 Å². The number of esters is 1. The Labute approximate surface area is 131 Å². The van der Waals surface area contributed by atoms with Crippen LogP contribution in [0.4, 0.5) is 0 Å². The van der Waals surface area contributed by atoms with Crippen molar-refractivity contribution in [1.29, 1.82) is 0 Å². The van der Waals surface area contributed by atoms with E-state index in [1.165, 1.54) is 0 Å². The van der Waals surface area contributed by atoms with Gasteiger partial charge in [0.2, 0.25) is 0 Å². The third-order valence-corrected chi connectivity index (χ3v) is 4.27. The Hall–Kier alpha value is -1.07. The van der Waals surface area contributed by atoms with Crippen LogP contribution in [0.15, 0.2) is 6.20 Å². The molecule has 0 aromatic carbocycles. The van der Waals surface area contributed by atoms with Crippen LogP contribution in [0.5, 0.6) is 0 Å². The summed E-state index contributed by atoms with van der Waals surface area (Å²) < 4.78 is 7.10. The molecule has 1 aliphatic rings. The molecule has 1 aromatic rings. The molecule has 1 heterocycles. The molecule has 0 bridgehead atoms. The highest BCUT2D eigenvalue weighted by molar-refractivity contribution is 6.31. The van der Waals surface area contributed by atoms with E-state index in [-0.39, 0.29) is 5.97 Å². The minimum Gasteiger partial charge on any atom is -0.465 e. The lowest BCUT2D eigenvalue weighted by Gasteiger charge is -2.32. The maximum Gasteiger partial charge on any atom is 0.328 e. The molecule has 0 radical (unpaired) electrons. The van der Waals surface area contributed by atoms with E-state index in [9.17, 15) is 4.79 Å². The van der Waals surface area contributed by atoms with Gasteiger partial charge in [-0.3, -0.25) is 4.68 Å². The quantitative estimate of drug-likeness (QED) is 0.749. The summed E-state index contributed by atoms with van der Waals surface area (Å²) in [6.45, 7) is 7.42. The number of rotatable bonds is 8. The van der Waals surface area contributed by atoms with Crippen molar-refractivity contribution in [3.05, 3.63) is 16.9 Å². The topological polar surface area (TPSA) is 56.2 Å². The zero-order valence-corrected chi connectivity index (χ0v) is 13.7. The SMILES string of the molecule is CCCNC(Cn1cc(Cl)c(C)n1)(C(=O)OCC)C1CC1. The predicted octanol–water partition coefficient (Wildman–Crippen LogP) is 2.56. The fourth-order valence-electron chi connectivity index (χ4n) is 2.65. The highest BCUT2D eigenvalue weighted by Crippen LogP contribution is 2.41. The third kappa shape index (κ3) is 3.58. The molecular formula is C15H24ClN3O2. The van der Waals surface area contributed by atoms with Gasteiger partial charge in [-0.15, -0.1) is 0 Å². The van der Waals surface area contributed by atoms with Crippen molar-refractivity contribution in [2.45, 2.75) is 52.1 Å². The van der Waals surface area contributed by atoms with Gasteiger partial charge >= 0.3 is 5.97 Å². The van der Waals surface area contributed by atoms with Crippen molar-refractivity contribution in [3.8, 4) is 0 Å². The van der Waals surface area contributed by atoms with Gasteiger partial charge < -0.3 is 10.1 Å². The van der Waals surface area contributed by atoms with E-state index in [2.05, 4.69) is 17.3 Å². The summed E-state index contributed by atoms with van der Waals surface area (Å²) >= 11 is 6.08. The molecule has 5 nitrogen and oxygen atoms in total. The van der Waals surface area contributed by atoms with Gasteiger partial charge in [0.25, 0.3) is 0 Å². The highest BCUT2D eigenvalue weighted by atomic mass is 35.5. The highest BCUT2D eigenvalue weighted by Gasteiger charge is 2.52. The second-order valence-corrected chi connectivity index (χ2v) is 6.06. The third-order valence-electron chi connectivity index (χ3n) is 3.90. The smallest absolute Gasteiger partial charge is 0.328 e. The number of nitrogens with zero attached hydrogens (tertiary/aromatic N) is 2. The van der Waals surface area contributed by atoms with Crippen LogP contribution in [0.25, 0.3) is 0 Å². The average molecular weight is 314 g/mol. The maximum atomic E-state index is 12.6. The fraction of sp³-hybridized carbons (Fsp3) is 0.733. The van der Waals surface area contributed by atoms with Gasteiger partial charge in [-0.25, -0.2) is 4.79 Å². The van der Waals surface area contributed by atoms with Crippen LogP contribution in [-0.4, -0.2) is 34.4 Å². The van der Waals surface area contributed by atoms with E-state index < -0.39 is 5.54 Å². The van der Waals surface area contributed by atoms with E-state index in [1.807, 2.05) is 13.8 Å². The normalized spacial score (nSPS) is 17.5. The second-order valence-electron chi connectivity index (χ2n) is 5.65. The largest absolute Gasteiger partial charge is 0.465 e. The van der Waals surface area contributed by atoms with Crippen LogP contribution < -0.4 is 5.32 Å². The van der Waals surface area contributed by atoms with E-state index >= 15 is 0 Å². The number of carbonyl (C=O) groups excluding carboxylic acids is 1. The Balaban J connectivity index is 2.26. The lowest BCUT2D eigenvalue weighted by atomic mass is 9.92. The first-order valence-corrected chi connectivity index (χ1v) is 8.03. The molecule has 1 unspecified atom stereocenters. The summed E-state index contributed by atoms with van der Waals surface area (Å²) in [5.41, 5.74) is 0.0917. The number of aryl methyl sites for hydroxylation is 1. The molecule has 2 rings (SSSR count). The zero-order chi connectivity index (χ0) is 15.5. The van der Waals surface area contributed by atoms with Crippen LogP contribution in [0.3, 0.4) is 0 Å². The minimum atomic E-state index is -0.687. The molecule has 1 atom stereocenters. The van der Waals surface area contributed by atoms with Crippen molar-refractivity contribution < 1.29 is 9.53 Å². The molecule has 1 aliphatic carbocycles. The summed E-state index contributed by atoms with van der Waals surface area (Å²) in [5.74, 6) is 0.136. The van der Waals surface area contributed by atoms with Gasteiger partial charge in [0.1, 0.15) is 5.54 Å². The van der Waals surface area contributed by atoms with E-state index in [0.717, 1.165) is 31.5 Å². The van der Waals surface area contributed by atoms with Crippen molar-refractivity contribution in [1.82, 2.24) is 15.1 Å². The number of ether oxygens (including phenoxy) is 1. The Bertz CT molecular complexity index is 480. The predicted molar refractivity (Wildman–Crippen MR) is 82.4 cm³/mol. The van der Waals surface area contributed by atoms with E-state index in [0.29, 0.717) is 24.1 Å². The Morgan fingerprint density at radius 3 is 2.76 bits per heavy atom. The van der Waals surface area contributed by atoms with Crippen LogP contribution >= 0.6 is 11.6 Å². The summed E-state index contributed by atoms with van der Waals surface area (Å²) in [4.78, 5) is 12.6. The number of aromatic nitrogens is 2. The fourth-order valence-corrected chi connectivity index (χ4v) is 2.80. The van der Waals surface area contributed by atoms with Crippen molar-refractivity contribution in [2.75, 3.05) is 13.2 Å². The van der Waals surface area contributed by atoms with Crippen LogP contribution in [0, 0.1) is 12.8 Å². The van der Waals surface area contributed by atoms with Gasteiger partial charge in [-0.2, -0.15) is 5.10 Å². The molecule has 0 saturated heterocycles. The lowest BCUT2D eigenvalue weighted by molar-refractivity contribution is -0.153. The van der Waals surface area contributed by atoms with Crippen molar-refractivity contribution in [2.24, 2.45) is 5.92 Å². The molecule has 0 aliphatic heterocycles. The molecule has 6 heteroatoms. The number of halogens is 1. The van der Waals surface area contributed by atoms with E-state index in [4.69, 9.17) is 16.3 Å². The molecule has 118 valence electrons. The maximum absolute atomic E-state index is 12.6. The van der Waals surface area contributed by atoms with E-state index in [1.54, 1.807) is 10.9 Å². The van der Waals surface area contributed by atoms with Gasteiger partial charge in [-0.1, -0.05) is 18.5 Å². The Morgan fingerprint density at radius 2 is 2.29 bits per heavy atom.